The summed E-state index contributed by atoms with van der Waals surface area (Å²) in [4.78, 5) is 12.0. The monoisotopic (exact) mass is 426 g/mol. The summed E-state index contributed by atoms with van der Waals surface area (Å²) in [6.07, 6.45) is 8.41. The third-order valence-electron chi connectivity index (χ3n) is 5.26. The molecule has 0 spiro atoms. The highest BCUT2D eigenvalue weighted by Gasteiger charge is 2.38. The maximum absolute atomic E-state index is 12.0. The van der Waals surface area contributed by atoms with Crippen molar-refractivity contribution in [1.82, 2.24) is 8.75 Å². The number of ether oxygens (including phenoxy) is 3. The third kappa shape index (κ3) is 6.96. The Morgan fingerprint density at radius 1 is 1.17 bits per heavy atom. The van der Waals surface area contributed by atoms with Crippen LogP contribution >= 0.6 is 11.7 Å². The van der Waals surface area contributed by atoms with Gasteiger partial charge in [0.25, 0.3) is 5.88 Å². The van der Waals surface area contributed by atoms with E-state index in [1.54, 1.807) is 0 Å². The summed E-state index contributed by atoms with van der Waals surface area (Å²) in [5.74, 6) is 0.627. The van der Waals surface area contributed by atoms with Crippen LogP contribution in [0.2, 0.25) is 0 Å². The minimum absolute atomic E-state index is 0.256. The lowest BCUT2D eigenvalue weighted by atomic mass is 10.0. The second-order valence-corrected chi connectivity index (χ2v) is 8.31. The Morgan fingerprint density at radius 2 is 2.00 bits per heavy atom. The molecule has 0 fully saturated rings. The number of quaternary nitrogens is 1. The van der Waals surface area contributed by atoms with E-state index in [2.05, 4.69) is 28.8 Å². The normalized spacial score (nSPS) is 20.1. The average molecular weight is 427 g/mol. The third-order valence-corrected chi connectivity index (χ3v) is 5.77. The number of hydrogen-bond acceptors (Lipinski definition) is 7. The molecule has 2 atom stereocenters. The van der Waals surface area contributed by atoms with Gasteiger partial charge in [-0.25, -0.2) is 4.79 Å². The Bertz CT molecular complexity index is 664. The standard InChI is InChI=1S/C21H36N3O4S/c1-5-8-9-10-15-26-20-19(22-29-23-20)17-12-11-13-24(4,16-17)18(7-3)28-21(25)27-14-6-2/h12,18H,5-11,13-16H2,1-4H3/q+1. The maximum Gasteiger partial charge on any atom is 0.512 e. The Balaban J connectivity index is 2.01. The molecule has 0 N–H and O–H groups in total. The van der Waals surface area contributed by atoms with Crippen LogP contribution in [0.4, 0.5) is 4.79 Å². The van der Waals surface area contributed by atoms with Gasteiger partial charge >= 0.3 is 6.16 Å². The molecule has 2 rings (SSSR count). The Kier molecular flexibility index (Phi) is 9.87. The second kappa shape index (κ2) is 12.1. The summed E-state index contributed by atoms with van der Waals surface area (Å²) < 4.78 is 26.2. The summed E-state index contributed by atoms with van der Waals surface area (Å²) in [6, 6.07) is 0. The Labute approximate surface area is 179 Å². The predicted octanol–water partition coefficient (Wildman–Crippen LogP) is 5.03. The molecule has 8 heteroatoms. The lowest BCUT2D eigenvalue weighted by Crippen LogP contribution is -2.56. The van der Waals surface area contributed by atoms with E-state index in [0.29, 0.717) is 23.6 Å². The van der Waals surface area contributed by atoms with Gasteiger partial charge in [-0.1, -0.05) is 46.1 Å². The van der Waals surface area contributed by atoms with Crippen molar-refractivity contribution in [3.05, 3.63) is 11.8 Å². The predicted molar refractivity (Wildman–Crippen MR) is 115 cm³/mol. The van der Waals surface area contributed by atoms with Crippen LogP contribution in [0.5, 0.6) is 5.88 Å². The molecular weight excluding hydrogens is 390 g/mol. The van der Waals surface area contributed by atoms with Crippen molar-refractivity contribution in [3.8, 4) is 5.88 Å². The second-order valence-electron chi connectivity index (χ2n) is 7.79. The number of hydrogen-bond donors (Lipinski definition) is 0. The summed E-state index contributed by atoms with van der Waals surface area (Å²) in [5, 5.41) is 0. The van der Waals surface area contributed by atoms with Gasteiger partial charge in [0.1, 0.15) is 12.2 Å². The van der Waals surface area contributed by atoms with Gasteiger partial charge in [0.15, 0.2) is 0 Å². The first-order chi connectivity index (χ1) is 14.0. The lowest BCUT2D eigenvalue weighted by Gasteiger charge is -2.42. The van der Waals surface area contributed by atoms with Gasteiger partial charge < -0.3 is 14.2 Å². The first-order valence-corrected chi connectivity index (χ1v) is 11.6. The van der Waals surface area contributed by atoms with E-state index in [0.717, 1.165) is 50.0 Å². The summed E-state index contributed by atoms with van der Waals surface area (Å²) in [5.41, 5.74) is 1.94. The van der Waals surface area contributed by atoms with Crippen molar-refractivity contribution < 1.29 is 23.5 Å². The number of carbonyl (C=O) groups excluding carboxylic acids is 1. The molecule has 0 amide bonds. The zero-order chi connectivity index (χ0) is 21.1. The van der Waals surface area contributed by atoms with Crippen molar-refractivity contribution in [1.29, 1.82) is 0 Å². The van der Waals surface area contributed by atoms with Crippen LogP contribution in [-0.4, -0.2) is 59.0 Å². The van der Waals surface area contributed by atoms with Gasteiger partial charge in [0.2, 0.25) is 6.23 Å². The van der Waals surface area contributed by atoms with Gasteiger partial charge in [-0.15, -0.1) is 4.37 Å². The summed E-state index contributed by atoms with van der Waals surface area (Å²) in [6.45, 7) is 8.87. The number of likely N-dealkylation sites (N-methyl/N-ethyl adjacent to an activating group) is 1. The summed E-state index contributed by atoms with van der Waals surface area (Å²) in [7, 11) is 2.12. The first kappa shape index (κ1) is 23.6. The molecule has 1 aliphatic rings. The fraction of sp³-hybridized carbons (Fsp3) is 0.762. The smallest absolute Gasteiger partial charge is 0.475 e. The fourth-order valence-electron chi connectivity index (χ4n) is 3.63. The van der Waals surface area contributed by atoms with E-state index >= 15 is 0 Å². The van der Waals surface area contributed by atoms with Crippen molar-refractivity contribution in [2.75, 3.05) is 33.4 Å². The minimum Gasteiger partial charge on any atom is -0.475 e. The number of aromatic nitrogens is 2. The number of nitrogens with zero attached hydrogens (tertiary/aromatic N) is 3. The molecule has 7 nitrogen and oxygen atoms in total. The SMILES string of the molecule is CCCCCCOc1nsnc1C1=CCC[N+](C)(C(CC)OC(=O)OCCC)C1. The molecule has 1 aromatic heterocycles. The molecule has 0 saturated heterocycles. The molecule has 2 heterocycles. The van der Waals surface area contributed by atoms with E-state index in [4.69, 9.17) is 14.2 Å². The molecule has 2 unspecified atom stereocenters. The zero-order valence-electron chi connectivity index (χ0n) is 18.3. The van der Waals surface area contributed by atoms with E-state index in [-0.39, 0.29) is 6.23 Å². The molecular formula is C21H36N3O4S+. The molecule has 0 saturated carbocycles. The van der Waals surface area contributed by atoms with Crippen molar-refractivity contribution in [2.45, 2.75) is 71.9 Å². The first-order valence-electron chi connectivity index (χ1n) is 10.9. The fourth-order valence-corrected chi connectivity index (χ4v) is 4.17. The van der Waals surface area contributed by atoms with E-state index in [1.165, 1.54) is 31.0 Å². The van der Waals surface area contributed by atoms with E-state index < -0.39 is 6.16 Å². The lowest BCUT2D eigenvalue weighted by molar-refractivity contribution is -0.947. The van der Waals surface area contributed by atoms with Crippen LogP contribution < -0.4 is 4.74 Å². The van der Waals surface area contributed by atoms with Crippen molar-refractivity contribution in [2.24, 2.45) is 0 Å². The van der Waals surface area contributed by atoms with Crippen LogP contribution in [0.1, 0.15) is 71.4 Å². The quantitative estimate of drug-likeness (QED) is 0.265. The number of rotatable bonds is 12. The van der Waals surface area contributed by atoms with E-state index in [1.807, 2.05) is 13.8 Å². The highest BCUT2D eigenvalue weighted by Crippen LogP contribution is 2.32. The van der Waals surface area contributed by atoms with Gasteiger partial charge in [-0.2, -0.15) is 4.37 Å². The number of carbonyl (C=O) groups is 1. The Hall–Kier alpha value is -1.67. The molecule has 29 heavy (non-hydrogen) atoms. The van der Waals surface area contributed by atoms with Crippen LogP contribution in [-0.2, 0) is 9.47 Å². The average Bonchev–Trinajstić information content (AvgIpc) is 3.18. The van der Waals surface area contributed by atoms with Gasteiger partial charge in [0, 0.05) is 18.4 Å². The largest absolute Gasteiger partial charge is 0.512 e. The molecule has 0 aromatic carbocycles. The highest BCUT2D eigenvalue weighted by molar-refractivity contribution is 6.99. The van der Waals surface area contributed by atoms with Gasteiger partial charge in [-0.05, 0) is 12.8 Å². The molecule has 0 bridgehead atoms. The minimum atomic E-state index is -0.583. The zero-order valence-corrected chi connectivity index (χ0v) is 19.1. The van der Waals surface area contributed by atoms with Crippen LogP contribution in [0.25, 0.3) is 5.57 Å². The molecule has 0 aliphatic carbocycles. The summed E-state index contributed by atoms with van der Waals surface area (Å²) >= 11 is 1.18. The van der Waals surface area contributed by atoms with Crippen LogP contribution in [0, 0.1) is 0 Å². The molecule has 1 aliphatic heterocycles. The maximum atomic E-state index is 12.0. The Morgan fingerprint density at radius 3 is 2.72 bits per heavy atom. The van der Waals surface area contributed by atoms with Crippen LogP contribution in [0.3, 0.4) is 0 Å². The van der Waals surface area contributed by atoms with Crippen LogP contribution in [0.15, 0.2) is 6.08 Å². The molecule has 1 aromatic rings. The van der Waals surface area contributed by atoms with Crippen molar-refractivity contribution >= 4 is 23.5 Å². The van der Waals surface area contributed by atoms with E-state index in [9.17, 15) is 4.79 Å². The molecule has 0 radical (unpaired) electrons. The molecule has 164 valence electrons. The topological polar surface area (TPSA) is 70.5 Å². The van der Waals surface area contributed by atoms with Gasteiger partial charge in [0.05, 0.1) is 38.5 Å². The van der Waals surface area contributed by atoms with Crippen molar-refractivity contribution in [3.63, 3.8) is 0 Å². The number of unbranched alkanes of at least 4 members (excludes halogenated alkanes) is 3. The highest BCUT2D eigenvalue weighted by atomic mass is 32.1. The van der Waals surface area contributed by atoms with Gasteiger partial charge in [-0.3, -0.25) is 4.48 Å².